The molecule has 0 bridgehead atoms. The molecule has 0 aromatic heterocycles. The molecule has 0 radical (unpaired) electrons. The molecule has 1 aliphatic rings. The number of ether oxygens (including phenoxy) is 1. The second-order valence-corrected chi connectivity index (χ2v) is 5.89. The predicted octanol–water partition coefficient (Wildman–Crippen LogP) is 2.31. The van der Waals surface area contributed by atoms with Gasteiger partial charge in [0, 0.05) is 10.8 Å². The molecule has 1 N–H and O–H groups in total. The van der Waals surface area contributed by atoms with Gasteiger partial charge >= 0.3 is 5.97 Å². The minimum Gasteiger partial charge on any atom is -0.465 e. The summed E-state index contributed by atoms with van der Waals surface area (Å²) < 4.78 is 4.91. The molecule has 114 valence electrons. The van der Waals surface area contributed by atoms with E-state index in [0.29, 0.717) is 19.9 Å². The highest BCUT2D eigenvalue weighted by molar-refractivity contribution is 8.13. The Hall–Kier alpha value is -1.24. The van der Waals surface area contributed by atoms with Crippen molar-refractivity contribution in [1.29, 1.82) is 0 Å². The molecular formula is C14H18ClN3O2S. The Labute approximate surface area is 133 Å². The Morgan fingerprint density at radius 1 is 1.48 bits per heavy atom. The molecule has 21 heavy (non-hydrogen) atoms. The van der Waals surface area contributed by atoms with Crippen molar-refractivity contribution in [2.45, 2.75) is 12.7 Å². The highest BCUT2D eigenvalue weighted by Gasteiger charge is 2.15. The molecule has 7 heteroatoms. The minimum absolute atomic E-state index is 0.216. The van der Waals surface area contributed by atoms with Crippen LogP contribution in [0, 0.1) is 0 Å². The smallest absolute Gasteiger partial charge is 0.320 e. The van der Waals surface area contributed by atoms with Crippen LogP contribution in [0.1, 0.15) is 12.5 Å². The van der Waals surface area contributed by atoms with Crippen LogP contribution in [0.4, 0.5) is 0 Å². The Bertz CT molecular complexity index is 507. The number of esters is 1. The van der Waals surface area contributed by atoms with Gasteiger partial charge in [0.1, 0.15) is 0 Å². The Morgan fingerprint density at radius 3 is 2.86 bits per heavy atom. The van der Waals surface area contributed by atoms with E-state index < -0.39 is 0 Å². The maximum absolute atomic E-state index is 11.4. The van der Waals surface area contributed by atoms with Crippen molar-refractivity contribution < 1.29 is 9.53 Å². The summed E-state index contributed by atoms with van der Waals surface area (Å²) in [6, 6.07) is 7.78. The number of thioether (sulfide) groups is 1. The Morgan fingerprint density at radius 2 is 2.24 bits per heavy atom. The zero-order chi connectivity index (χ0) is 15.1. The molecule has 0 amide bonds. The summed E-state index contributed by atoms with van der Waals surface area (Å²) in [5.74, 6) is 0.618. The number of nitrogens with zero attached hydrogens (tertiary/aromatic N) is 2. The molecule has 1 heterocycles. The van der Waals surface area contributed by atoms with Gasteiger partial charge < -0.3 is 10.1 Å². The van der Waals surface area contributed by atoms with E-state index in [9.17, 15) is 4.79 Å². The van der Waals surface area contributed by atoms with Gasteiger partial charge in [-0.15, -0.1) is 0 Å². The largest absolute Gasteiger partial charge is 0.465 e. The number of amidine groups is 1. The summed E-state index contributed by atoms with van der Waals surface area (Å²) in [6.07, 6.45) is 0. The lowest BCUT2D eigenvalue weighted by atomic mass is 10.2. The van der Waals surface area contributed by atoms with Gasteiger partial charge in [-0.2, -0.15) is 0 Å². The zero-order valence-electron chi connectivity index (χ0n) is 11.8. The molecule has 1 aliphatic heterocycles. The molecule has 2 rings (SSSR count). The van der Waals surface area contributed by atoms with Crippen LogP contribution in [0.2, 0.25) is 5.02 Å². The number of hydrogen-bond donors (Lipinski definition) is 1. The SMILES string of the molecule is CCOC(=O)CN1CN=C(SCc2ccc(Cl)cc2)NC1. The maximum Gasteiger partial charge on any atom is 0.320 e. The van der Waals surface area contributed by atoms with E-state index in [0.717, 1.165) is 15.9 Å². The molecule has 0 unspecified atom stereocenters. The fraction of sp³-hybridized carbons (Fsp3) is 0.429. The number of benzene rings is 1. The lowest BCUT2D eigenvalue weighted by Gasteiger charge is -2.25. The number of aliphatic imine (C=N–C) groups is 1. The van der Waals surface area contributed by atoms with Crippen molar-refractivity contribution in [3.63, 3.8) is 0 Å². The normalized spacial score (nSPS) is 15.2. The molecular weight excluding hydrogens is 310 g/mol. The van der Waals surface area contributed by atoms with Crippen molar-refractivity contribution in [3.05, 3.63) is 34.9 Å². The first-order chi connectivity index (χ1) is 10.2. The van der Waals surface area contributed by atoms with Crippen LogP contribution >= 0.6 is 23.4 Å². The van der Waals surface area contributed by atoms with Gasteiger partial charge in [0.05, 0.1) is 26.5 Å². The predicted molar refractivity (Wildman–Crippen MR) is 86.4 cm³/mol. The summed E-state index contributed by atoms with van der Waals surface area (Å²) in [5, 5.41) is 4.84. The van der Waals surface area contributed by atoms with Crippen molar-refractivity contribution >= 4 is 34.5 Å². The molecule has 0 atom stereocenters. The van der Waals surface area contributed by atoms with Gasteiger partial charge in [0.25, 0.3) is 0 Å². The molecule has 1 aromatic rings. The molecule has 0 fully saturated rings. The van der Waals surface area contributed by atoms with E-state index in [1.807, 2.05) is 29.2 Å². The van der Waals surface area contributed by atoms with Gasteiger partial charge in [0.2, 0.25) is 0 Å². The van der Waals surface area contributed by atoms with E-state index in [4.69, 9.17) is 16.3 Å². The van der Waals surface area contributed by atoms with Crippen molar-refractivity contribution in [1.82, 2.24) is 10.2 Å². The third kappa shape index (κ3) is 5.57. The van der Waals surface area contributed by atoms with Crippen molar-refractivity contribution in [2.24, 2.45) is 4.99 Å². The van der Waals surface area contributed by atoms with Crippen molar-refractivity contribution in [3.8, 4) is 0 Å². The number of hydrogen-bond acceptors (Lipinski definition) is 6. The Kier molecular flexibility index (Phi) is 6.35. The maximum atomic E-state index is 11.4. The summed E-state index contributed by atoms with van der Waals surface area (Å²) >= 11 is 7.49. The van der Waals surface area contributed by atoms with E-state index in [1.165, 1.54) is 5.56 Å². The first-order valence-electron chi connectivity index (χ1n) is 6.71. The van der Waals surface area contributed by atoms with Gasteiger partial charge in [-0.25, -0.2) is 4.99 Å². The van der Waals surface area contributed by atoms with Crippen molar-refractivity contribution in [2.75, 3.05) is 26.5 Å². The lowest BCUT2D eigenvalue weighted by molar-refractivity contribution is -0.144. The summed E-state index contributed by atoms with van der Waals surface area (Å²) in [5.41, 5.74) is 1.20. The fourth-order valence-corrected chi connectivity index (χ4v) is 2.71. The molecule has 5 nitrogen and oxygen atoms in total. The van der Waals surface area contributed by atoms with Crippen LogP contribution in [-0.2, 0) is 15.3 Å². The van der Waals surface area contributed by atoms with E-state index in [-0.39, 0.29) is 12.5 Å². The van der Waals surface area contributed by atoms with Crippen LogP contribution < -0.4 is 5.32 Å². The third-order valence-electron chi connectivity index (χ3n) is 2.82. The highest BCUT2D eigenvalue weighted by atomic mass is 35.5. The van der Waals surface area contributed by atoms with Gasteiger partial charge in [-0.05, 0) is 24.6 Å². The van der Waals surface area contributed by atoms with Crippen LogP contribution in [0.15, 0.2) is 29.3 Å². The first kappa shape index (κ1) is 16.1. The fourth-order valence-electron chi connectivity index (χ4n) is 1.77. The monoisotopic (exact) mass is 327 g/mol. The quantitative estimate of drug-likeness (QED) is 0.841. The van der Waals surface area contributed by atoms with E-state index >= 15 is 0 Å². The molecule has 0 saturated carbocycles. The average molecular weight is 328 g/mol. The number of nitrogens with one attached hydrogen (secondary N) is 1. The third-order valence-corrected chi connectivity index (χ3v) is 4.09. The highest BCUT2D eigenvalue weighted by Crippen LogP contribution is 2.17. The standard InChI is InChI=1S/C14H18ClN3O2S/c1-2-20-13(19)7-18-9-16-14(17-10-18)21-8-11-3-5-12(15)6-4-11/h3-6H,2,7-10H2,1H3,(H,16,17). The molecule has 0 spiro atoms. The number of halogens is 1. The summed E-state index contributed by atoms with van der Waals surface area (Å²) in [7, 11) is 0. The average Bonchev–Trinajstić information content (AvgIpc) is 2.48. The molecule has 1 aromatic carbocycles. The van der Waals surface area contributed by atoms with Crippen LogP contribution in [0.3, 0.4) is 0 Å². The van der Waals surface area contributed by atoms with Crippen LogP contribution in [-0.4, -0.2) is 42.5 Å². The van der Waals surface area contributed by atoms with Crippen LogP contribution in [0.25, 0.3) is 0 Å². The van der Waals surface area contributed by atoms with Gasteiger partial charge in [-0.1, -0.05) is 35.5 Å². The second kappa shape index (κ2) is 8.26. The second-order valence-electron chi connectivity index (χ2n) is 4.49. The van der Waals surface area contributed by atoms with E-state index in [1.54, 1.807) is 18.7 Å². The van der Waals surface area contributed by atoms with E-state index in [2.05, 4.69) is 10.3 Å². The Balaban J connectivity index is 1.75. The topological polar surface area (TPSA) is 53.9 Å². The number of carbonyl (C=O) groups excluding carboxylic acids is 1. The summed E-state index contributed by atoms with van der Waals surface area (Å²) in [4.78, 5) is 17.7. The zero-order valence-corrected chi connectivity index (χ0v) is 13.4. The summed E-state index contributed by atoms with van der Waals surface area (Å²) in [6.45, 7) is 3.58. The number of carbonyl (C=O) groups is 1. The number of rotatable bonds is 5. The first-order valence-corrected chi connectivity index (χ1v) is 8.07. The van der Waals surface area contributed by atoms with Crippen LogP contribution in [0.5, 0.6) is 0 Å². The minimum atomic E-state index is -0.216. The molecule has 0 saturated heterocycles. The lowest BCUT2D eigenvalue weighted by Crippen LogP contribution is -2.44. The molecule has 0 aliphatic carbocycles. The van der Waals surface area contributed by atoms with Gasteiger partial charge in [0.15, 0.2) is 5.17 Å². The van der Waals surface area contributed by atoms with Gasteiger partial charge in [-0.3, -0.25) is 9.69 Å².